The van der Waals surface area contributed by atoms with Gasteiger partial charge < -0.3 is 10.1 Å². The van der Waals surface area contributed by atoms with Crippen molar-refractivity contribution in [2.45, 2.75) is 44.4 Å². The Bertz CT molecular complexity index is 791. The third-order valence-electron chi connectivity index (χ3n) is 5.32. The molecule has 1 atom stereocenters. The zero-order chi connectivity index (χ0) is 20.1. The van der Waals surface area contributed by atoms with Gasteiger partial charge in [0.05, 0.1) is 13.2 Å². The minimum atomic E-state index is -3.64. The first-order valence-electron chi connectivity index (χ1n) is 10.2. The molecule has 2 heterocycles. The van der Waals surface area contributed by atoms with Crippen molar-refractivity contribution in [2.24, 2.45) is 5.92 Å². The Morgan fingerprint density at radius 1 is 1.21 bits per heavy atom. The van der Waals surface area contributed by atoms with Crippen LogP contribution in [0.3, 0.4) is 0 Å². The molecule has 3 rings (SSSR count). The van der Waals surface area contributed by atoms with Crippen molar-refractivity contribution in [3.05, 3.63) is 18.2 Å². The molecule has 7 nitrogen and oxygen atoms in total. The number of rotatable bonds is 7. The summed E-state index contributed by atoms with van der Waals surface area (Å²) in [6.45, 7) is 7.62. The molecule has 0 unspecified atom stereocenters. The molecule has 0 bridgehead atoms. The van der Waals surface area contributed by atoms with Gasteiger partial charge in [-0.25, -0.2) is 8.42 Å². The second-order valence-electron chi connectivity index (χ2n) is 7.74. The third-order valence-corrected chi connectivity index (χ3v) is 7.24. The van der Waals surface area contributed by atoms with E-state index in [2.05, 4.69) is 17.1 Å². The molecule has 2 aliphatic heterocycles. The van der Waals surface area contributed by atoms with Crippen molar-refractivity contribution < 1.29 is 17.9 Å². The molecule has 1 aromatic rings. The lowest BCUT2D eigenvalue weighted by Gasteiger charge is -2.30. The predicted octanol–water partition coefficient (Wildman–Crippen LogP) is 2.54. The zero-order valence-corrected chi connectivity index (χ0v) is 17.6. The highest BCUT2D eigenvalue weighted by Gasteiger charge is 2.30. The molecule has 1 aromatic carbocycles. The normalized spacial score (nSPS) is 21.6. The molecule has 156 valence electrons. The summed E-state index contributed by atoms with van der Waals surface area (Å²) in [5, 5.41) is 2.86. The molecule has 0 radical (unpaired) electrons. The zero-order valence-electron chi connectivity index (χ0n) is 16.8. The number of carbonyl (C=O) groups excluding carboxylic acids is 1. The molecule has 0 saturated carbocycles. The first-order chi connectivity index (χ1) is 13.4. The van der Waals surface area contributed by atoms with Gasteiger partial charge in [-0.2, -0.15) is 4.31 Å². The fraction of sp³-hybridized carbons (Fsp3) is 0.650. The van der Waals surface area contributed by atoms with Crippen molar-refractivity contribution in [2.75, 3.05) is 44.6 Å². The molecule has 0 aromatic heterocycles. The van der Waals surface area contributed by atoms with E-state index in [-0.39, 0.29) is 10.8 Å². The lowest BCUT2D eigenvalue weighted by atomic mass is 10.0. The van der Waals surface area contributed by atoms with Crippen molar-refractivity contribution in [3.8, 4) is 5.75 Å². The Balaban J connectivity index is 1.75. The van der Waals surface area contributed by atoms with E-state index in [4.69, 9.17) is 4.74 Å². The summed E-state index contributed by atoms with van der Waals surface area (Å²) in [7, 11) is -3.64. The number of ether oxygens (including phenoxy) is 1. The average molecular weight is 410 g/mol. The summed E-state index contributed by atoms with van der Waals surface area (Å²) >= 11 is 0. The number of anilines is 1. The van der Waals surface area contributed by atoms with Gasteiger partial charge in [-0.1, -0.05) is 6.92 Å². The summed E-state index contributed by atoms with van der Waals surface area (Å²) in [6.07, 6.45) is 4.05. The lowest BCUT2D eigenvalue weighted by molar-refractivity contribution is -0.117. The topological polar surface area (TPSA) is 79.0 Å². The molecular formula is C20H31N3O4S. The Labute approximate surface area is 168 Å². The molecule has 2 aliphatic rings. The Morgan fingerprint density at radius 3 is 2.64 bits per heavy atom. The number of amides is 1. The Kier molecular flexibility index (Phi) is 6.95. The van der Waals surface area contributed by atoms with Gasteiger partial charge >= 0.3 is 0 Å². The second kappa shape index (κ2) is 9.24. The number of hydrogen-bond donors (Lipinski definition) is 1. The maximum Gasteiger partial charge on any atom is 0.246 e. The summed E-state index contributed by atoms with van der Waals surface area (Å²) in [6, 6.07) is 4.85. The molecule has 0 aliphatic carbocycles. The quantitative estimate of drug-likeness (QED) is 0.749. The highest BCUT2D eigenvalue weighted by atomic mass is 32.2. The van der Waals surface area contributed by atoms with E-state index in [0.717, 1.165) is 32.4 Å². The number of sulfonamides is 1. The van der Waals surface area contributed by atoms with E-state index in [1.54, 1.807) is 12.1 Å². The van der Waals surface area contributed by atoms with Crippen LogP contribution in [0.5, 0.6) is 5.75 Å². The predicted molar refractivity (Wildman–Crippen MR) is 109 cm³/mol. The number of benzene rings is 1. The van der Waals surface area contributed by atoms with Crippen LogP contribution in [0.2, 0.25) is 0 Å². The van der Waals surface area contributed by atoms with Crippen molar-refractivity contribution in [1.82, 2.24) is 9.21 Å². The van der Waals surface area contributed by atoms with Crippen molar-refractivity contribution in [1.29, 1.82) is 0 Å². The first-order valence-corrected chi connectivity index (χ1v) is 11.6. The summed E-state index contributed by atoms with van der Waals surface area (Å²) in [4.78, 5) is 14.7. The van der Waals surface area contributed by atoms with E-state index in [1.807, 2.05) is 6.92 Å². The molecule has 1 amide bonds. The van der Waals surface area contributed by atoms with Crippen LogP contribution >= 0.6 is 0 Å². The SMILES string of the molecule is CCOc1ccc(NC(=O)CN2CCC[C@H](C)C2)cc1S(=O)(=O)N1CCCC1. The van der Waals surface area contributed by atoms with Crippen LogP contribution in [0, 0.1) is 5.92 Å². The molecule has 8 heteroatoms. The smallest absolute Gasteiger partial charge is 0.246 e. The van der Waals surface area contributed by atoms with Crippen molar-refractivity contribution >= 4 is 21.6 Å². The van der Waals surface area contributed by atoms with Crippen LogP contribution in [0.4, 0.5) is 5.69 Å². The third kappa shape index (κ3) is 5.04. The van der Waals surface area contributed by atoms with E-state index < -0.39 is 10.0 Å². The average Bonchev–Trinajstić information content (AvgIpc) is 3.18. The van der Waals surface area contributed by atoms with Gasteiger partial charge in [0.1, 0.15) is 10.6 Å². The fourth-order valence-corrected chi connectivity index (χ4v) is 5.64. The van der Waals surface area contributed by atoms with Gasteiger partial charge in [0, 0.05) is 25.3 Å². The highest BCUT2D eigenvalue weighted by Crippen LogP contribution is 2.31. The summed E-state index contributed by atoms with van der Waals surface area (Å²) in [5.41, 5.74) is 0.483. The number of hydrogen-bond acceptors (Lipinski definition) is 5. The van der Waals surface area contributed by atoms with Gasteiger partial charge in [0.2, 0.25) is 15.9 Å². The van der Waals surface area contributed by atoms with Gasteiger partial charge in [0.25, 0.3) is 0 Å². The van der Waals surface area contributed by atoms with Crippen LogP contribution in [0.15, 0.2) is 23.1 Å². The van der Waals surface area contributed by atoms with E-state index in [9.17, 15) is 13.2 Å². The minimum Gasteiger partial charge on any atom is -0.492 e. The van der Waals surface area contributed by atoms with E-state index >= 15 is 0 Å². The maximum absolute atomic E-state index is 13.0. The minimum absolute atomic E-state index is 0.122. The van der Waals surface area contributed by atoms with Crippen LogP contribution in [-0.2, 0) is 14.8 Å². The van der Waals surface area contributed by atoms with Gasteiger partial charge in [-0.15, -0.1) is 0 Å². The standard InChI is InChI=1S/C20H31N3O4S/c1-3-27-18-9-8-17(13-19(18)28(25,26)23-11-4-5-12-23)21-20(24)15-22-10-6-7-16(2)14-22/h8-9,13,16H,3-7,10-12,14-15H2,1-2H3,(H,21,24)/t16-/m0/s1. The van der Waals surface area contributed by atoms with Crippen LogP contribution < -0.4 is 10.1 Å². The monoisotopic (exact) mass is 409 g/mol. The first kappa shape index (κ1) is 21.1. The molecule has 28 heavy (non-hydrogen) atoms. The van der Waals surface area contributed by atoms with Gasteiger partial charge in [-0.3, -0.25) is 9.69 Å². The number of piperidine rings is 1. The van der Waals surface area contributed by atoms with Crippen LogP contribution in [0.25, 0.3) is 0 Å². The number of carbonyl (C=O) groups is 1. The van der Waals surface area contributed by atoms with Crippen LogP contribution in [0.1, 0.15) is 39.5 Å². The van der Waals surface area contributed by atoms with Crippen LogP contribution in [-0.4, -0.2) is 62.9 Å². The van der Waals surface area contributed by atoms with Gasteiger partial charge in [-0.05, 0) is 63.3 Å². The van der Waals surface area contributed by atoms with Crippen molar-refractivity contribution in [3.63, 3.8) is 0 Å². The number of nitrogens with zero attached hydrogens (tertiary/aromatic N) is 2. The lowest BCUT2D eigenvalue weighted by Crippen LogP contribution is -2.39. The Hall–Kier alpha value is -1.64. The largest absolute Gasteiger partial charge is 0.492 e. The molecule has 0 spiro atoms. The molecule has 2 fully saturated rings. The number of likely N-dealkylation sites (tertiary alicyclic amines) is 1. The second-order valence-corrected chi connectivity index (χ2v) is 9.64. The number of nitrogens with one attached hydrogen (secondary N) is 1. The fourth-order valence-electron chi connectivity index (χ4n) is 3.96. The summed E-state index contributed by atoms with van der Waals surface area (Å²) in [5.74, 6) is 0.810. The van der Waals surface area contributed by atoms with Gasteiger partial charge in [0.15, 0.2) is 0 Å². The highest BCUT2D eigenvalue weighted by molar-refractivity contribution is 7.89. The summed E-state index contributed by atoms with van der Waals surface area (Å²) < 4.78 is 33.1. The van der Waals surface area contributed by atoms with E-state index in [0.29, 0.717) is 43.6 Å². The molecule has 1 N–H and O–H groups in total. The maximum atomic E-state index is 13.0. The Morgan fingerprint density at radius 2 is 1.96 bits per heavy atom. The van der Waals surface area contributed by atoms with E-state index in [1.165, 1.54) is 16.8 Å². The molecular weight excluding hydrogens is 378 g/mol. The molecule has 2 saturated heterocycles.